The number of rotatable bonds is 4. The van der Waals surface area contributed by atoms with Crippen molar-refractivity contribution >= 4 is 17.6 Å². The fraction of sp³-hybridized carbons (Fsp3) is 0.400. The van der Waals surface area contributed by atoms with Crippen molar-refractivity contribution in [3.05, 3.63) is 51.9 Å². The van der Waals surface area contributed by atoms with Crippen LogP contribution in [0.1, 0.15) is 29.9 Å². The van der Waals surface area contributed by atoms with E-state index in [9.17, 15) is 14.4 Å². The lowest BCUT2D eigenvalue weighted by molar-refractivity contribution is -0.129. The first-order chi connectivity index (χ1) is 13.4. The number of carbonyl (C=O) groups is 2. The van der Waals surface area contributed by atoms with E-state index >= 15 is 0 Å². The van der Waals surface area contributed by atoms with Crippen LogP contribution < -0.4 is 10.5 Å². The first kappa shape index (κ1) is 19.6. The summed E-state index contributed by atoms with van der Waals surface area (Å²) in [6, 6.07) is 8.74. The van der Waals surface area contributed by atoms with E-state index in [2.05, 4.69) is 5.10 Å². The molecule has 0 aliphatic carbocycles. The van der Waals surface area contributed by atoms with Gasteiger partial charge >= 0.3 is 5.97 Å². The van der Waals surface area contributed by atoms with Crippen LogP contribution in [-0.4, -0.2) is 59.3 Å². The number of carbonyl (C=O) groups excluding carboxylic acids is 2. The number of hydrogen-bond donors (Lipinski definition) is 0. The van der Waals surface area contributed by atoms with E-state index in [0.717, 1.165) is 5.56 Å². The Bertz CT molecular complexity index is 928. The Morgan fingerprint density at radius 2 is 1.75 bits per heavy atom. The first-order valence-electron chi connectivity index (χ1n) is 9.29. The highest BCUT2D eigenvalue weighted by atomic mass is 16.5. The Morgan fingerprint density at radius 1 is 1.11 bits per heavy atom. The van der Waals surface area contributed by atoms with E-state index in [1.165, 1.54) is 17.7 Å². The molecule has 8 heteroatoms. The molecule has 0 atom stereocenters. The lowest BCUT2D eigenvalue weighted by Crippen LogP contribution is -2.49. The molecule has 0 bridgehead atoms. The average molecular weight is 384 g/mol. The second-order valence-corrected chi connectivity index (χ2v) is 6.68. The normalized spacial score (nSPS) is 14.1. The van der Waals surface area contributed by atoms with Gasteiger partial charge in [-0.1, -0.05) is 17.7 Å². The number of amides is 1. The van der Waals surface area contributed by atoms with Gasteiger partial charge in [-0.25, -0.2) is 4.79 Å². The fourth-order valence-corrected chi connectivity index (χ4v) is 3.17. The standard InChI is InChI=1S/C20H24N4O4/c1-4-28-20(27)19-17(23-11-9-22(10-12-23)15(3)25)13-18(26)24(21-19)16-7-5-14(2)6-8-16/h5-8,13H,4,9-12H2,1-3H3. The molecule has 0 unspecified atom stereocenters. The summed E-state index contributed by atoms with van der Waals surface area (Å²) < 4.78 is 6.37. The molecule has 0 N–H and O–H groups in total. The van der Waals surface area contributed by atoms with Crippen molar-refractivity contribution in [1.82, 2.24) is 14.7 Å². The van der Waals surface area contributed by atoms with Gasteiger partial charge in [0.05, 0.1) is 18.0 Å². The van der Waals surface area contributed by atoms with Gasteiger partial charge in [0.1, 0.15) is 0 Å². The van der Waals surface area contributed by atoms with Crippen molar-refractivity contribution in [2.45, 2.75) is 20.8 Å². The molecular weight excluding hydrogens is 360 g/mol. The Morgan fingerprint density at radius 3 is 2.32 bits per heavy atom. The third kappa shape index (κ3) is 4.05. The first-order valence-corrected chi connectivity index (χ1v) is 9.29. The van der Waals surface area contributed by atoms with Gasteiger partial charge in [0.2, 0.25) is 5.91 Å². The molecule has 1 aliphatic heterocycles. The number of anilines is 1. The number of aromatic nitrogens is 2. The number of esters is 1. The van der Waals surface area contributed by atoms with Crippen LogP contribution in [0, 0.1) is 6.92 Å². The lowest BCUT2D eigenvalue weighted by Gasteiger charge is -2.35. The predicted octanol–water partition coefficient (Wildman–Crippen LogP) is 1.39. The zero-order valence-electron chi connectivity index (χ0n) is 16.3. The van der Waals surface area contributed by atoms with E-state index in [1.807, 2.05) is 24.0 Å². The number of ether oxygens (including phenoxy) is 1. The number of benzene rings is 1. The molecule has 1 amide bonds. The lowest BCUT2D eigenvalue weighted by atomic mass is 10.2. The largest absolute Gasteiger partial charge is 0.461 e. The molecule has 28 heavy (non-hydrogen) atoms. The SMILES string of the molecule is CCOC(=O)c1nn(-c2ccc(C)cc2)c(=O)cc1N1CCN(C(C)=O)CC1. The van der Waals surface area contributed by atoms with Gasteiger partial charge in [0.25, 0.3) is 5.56 Å². The van der Waals surface area contributed by atoms with Crippen LogP contribution in [0.3, 0.4) is 0 Å². The van der Waals surface area contributed by atoms with Crippen LogP contribution >= 0.6 is 0 Å². The zero-order chi connectivity index (χ0) is 20.3. The van der Waals surface area contributed by atoms with Crippen LogP contribution in [0.15, 0.2) is 35.1 Å². The van der Waals surface area contributed by atoms with Crippen LogP contribution in [0.25, 0.3) is 5.69 Å². The highest BCUT2D eigenvalue weighted by Gasteiger charge is 2.26. The Kier molecular flexibility index (Phi) is 5.77. The predicted molar refractivity (Wildman–Crippen MR) is 105 cm³/mol. The Labute approximate surface area is 163 Å². The molecule has 2 heterocycles. The molecule has 2 aromatic rings. The highest BCUT2D eigenvalue weighted by Crippen LogP contribution is 2.20. The Hall–Kier alpha value is -3.16. The van der Waals surface area contributed by atoms with Crippen molar-refractivity contribution in [2.75, 3.05) is 37.7 Å². The maximum Gasteiger partial charge on any atom is 0.360 e. The third-order valence-electron chi connectivity index (χ3n) is 4.72. The number of hydrogen-bond acceptors (Lipinski definition) is 6. The summed E-state index contributed by atoms with van der Waals surface area (Å²) in [7, 11) is 0. The summed E-state index contributed by atoms with van der Waals surface area (Å²) in [5.74, 6) is -0.564. The summed E-state index contributed by atoms with van der Waals surface area (Å²) in [6.07, 6.45) is 0. The molecule has 1 aromatic heterocycles. The molecular formula is C20H24N4O4. The number of nitrogens with zero attached hydrogens (tertiary/aromatic N) is 4. The topological polar surface area (TPSA) is 84.7 Å². The van der Waals surface area contributed by atoms with E-state index in [4.69, 9.17) is 4.74 Å². The summed E-state index contributed by atoms with van der Waals surface area (Å²) in [5.41, 5.74) is 1.84. The monoisotopic (exact) mass is 384 g/mol. The molecule has 1 aliphatic rings. The van der Waals surface area contributed by atoms with E-state index in [0.29, 0.717) is 37.6 Å². The minimum absolute atomic E-state index is 0.0122. The minimum atomic E-state index is -0.577. The van der Waals surface area contributed by atoms with Gasteiger partial charge in [-0.3, -0.25) is 9.59 Å². The number of aryl methyl sites for hydroxylation is 1. The summed E-state index contributed by atoms with van der Waals surface area (Å²) in [4.78, 5) is 40.5. The second-order valence-electron chi connectivity index (χ2n) is 6.68. The van der Waals surface area contributed by atoms with Crippen molar-refractivity contribution < 1.29 is 14.3 Å². The molecule has 0 saturated carbocycles. The molecule has 1 fully saturated rings. The molecule has 148 valence electrons. The molecule has 3 rings (SSSR count). The van der Waals surface area contributed by atoms with Gasteiger partial charge in [-0.2, -0.15) is 9.78 Å². The van der Waals surface area contributed by atoms with Crippen molar-refractivity contribution in [1.29, 1.82) is 0 Å². The molecule has 1 saturated heterocycles. The van der Waals surface area contributed by atoms with Crippen molar-refractivity contribution in [2.24, 2.45) is 0 Å². The van der Waals surface area contributed by atoms with Crippen LogP contribution in [-0.2, 0) is 9.53 Å². The van der Waals surface area contributed by atoms with Gasteiger partial charge in [0.15, 0.2) is 5.69 Å². The zero-order valence-corrected chi connectivity index (χ0v) is 16.3. The van der Waals surface area contributed by atoms with Crippen LogP contribution in [0.5, 0.6) is 0 Å². The van der Waals surface area contributed by atoms with Crippen molar-refractivity contribution in [3.8, 4) is 5.69 Å². The van der Waals surface area contributed by atoms with E-state index in [-0.39, 0.29) is 23.8 Å². The quantitative estimate of drug-likeness (QED) is 0.741. The summed E-state index contributed by atoms with van der Waals surface area (Å²) >= 11 is 0. The molecule has 0 spiro atoms. The minimum Gasteiger partial charge on any atom is -0.461 e. The van der Waals surface area contributed by atoms with Crippen molar-refractivity contribution in [3.63, 3.8) is 0 Å². The summed E-state index contributed by atoms with van der Waals surface area (Å²) in [5, 5.41) is 4.33. The van der Waals surface area contributed by atoms with Crippen LogP contribution in [0.4, 0.5) is 5.69 Å². The van der Waals surface area contributed by atoms with Crippen LogP contribution in [0.2, 0.25) is 0 Å². The van der Waals surface area contributed by atoms with E-state index < -0.39 is 5.97 Å². The Balaban J connectivity index is 2.01. The van der Waals surface area contributed by atoms with Gasteiger partial charge in [-0.15, -0.1) is 0 Å². The summed E-state index contributed by atoms with van der Waals surface area (Å²) in [6.45, 7) is 7.50. The molecule has 1 aromatic carbocycles. The molecule has 0 radical (unpaired) electrons. The van der Waals surface area contributed by atoms with E-state index in [1.54, 1.807) is 24.0 Å². The van der Waals surface area contributed by atoms with Gasteiger partial charge < -0.3 is 14.5 Å². The maximum absolute atomic E-state index is 12.7. The average Bonchev–Trinajstić information content (AvgIpc) is 2.69. The highest BCUT2D eigenvalue weighted by molar-refractivity contribution is 5.93. The van der Waals surface area contributed by atoms with Gasteiger partial charge in [-0.05, 0) is 26.0 Å². The third-order valence-corrected chi connectivity index (χ3v) is 4.72. The molecule has 8 nitrogen and oxygen atoms in total. The van der Waals surface area contributed by atoms with Gasteiger partial charge in [0, 0.05) is 39.2 Å². The smallest absolute Gasteiger partial charge is 0.360 e. The second kappa shape index (κ2) is 8.24. The number of piperazine rings is 1. The maximum atomic E-state index is 12.7. The fourth-order valence-electron chi connectivity index (χ4n) is 3.17.